The van der Waals surface area contributed by atoms with Gasteiger partial charge in [-0.1, -0.05) is 30.3 Å². The molecule has 0 saturated heterocycles. The molecule has 0 aliphatic carbocycles. The van der Waals surface area contributed by atoms with Crippen LogP contribution in [0.5, 0.6) is 0 Å². The molecule has 2 nitrogen and oxygen atoms in total. The van der Waals surface area contributed by atoms with Crippen molar-refractivity contribution < 1.29 is 10.0 Å². The van der Waals surface area contributed by atoms with Crippen LogP contribution in [0, 0.1) is 0 Å². The Kier molecular flexibility index (Phi) is 5.04. The van der Waals surface area contributed by atoms with Gasteiger partial charge in [-0.15, -0.1) is 0 Å². The van der Waals surface area contributed by atoms with Gasteiger partial charge in [0.15, 0.2) is 0 Å². The van der Waals surface area contributed by atoms with Gasteiger partial charge in [-0.2, -0.15) is 0 Å². The molecule has 0 heterocycles. The predicted octanol–water partition coefficient (Wildman–Crippen LogP) is -1.28. The van der Waals surface area contributed by atoms with E-state index in [0.29, 0.717) is 5.46 Å². The maximum atomic E-state index is 8.58. The van der Waals surface area contributed by atoms with Gasteiger partial charge in [0, 0.05) is 0 Å². The Morgan fingerprint density at radius 2 is 1.50 bits per heavy atom. The van der Waals surface area contributed by atoms with Crippen LogP contribution in [0.25, 0.3) is 0 Å². The molecule has 2 N–H and O–H groups in total. The van der Waals surface area contributed by atoms with Crippen LogP contribution >= 0.6 is 0 Å². The second-order valence-electron chi connectivity index (χ2n) is 1.78. The quantitative estimate of drug-likeness (QED) is 0.484. The Balaban J connectivity index is 0.000000810. The van der Waals surface area contributed by atoms with Gasteiger partial charge in [0.1, 0.15) is 0 Å². The van der Waals surface area contributed by atoms with E-state index in [9.17, 15) is 0 Å². The van der Waals surface area contributed by atoms with Crippen LogP contribution in [0.4, 0.5) is 0 Å². The first-order valence-electron chi connectivity index (χ1n) is 2.72. The first-order chi connectivity index (χ1) is 4.30. The van der Waals surface area contributed by atoms with Gasteiger partial charge in [0.25, 0.3) is 0 Å². The summed E-state index contributed by atoms with van der Waals surface area (Å²) in [6.45, 7) is 0. The molecular weight excluding hydrogens is 138 g/mol. The predicted molar refractivity (Wildman–Crippen MR) is 43.4 cm³/mol. The topological polar surface area (TPSA) is 40.5 Å². The second-order valence-corrected chi connectivity index (χ2v) is 1.78. The third kappa shape index (κ3) is 2.86. The Morgan fingerprint density at radius 1 is 1.00 bits per heavy atom. The van der Waals surface area contributed by atoms with Crippen molar-refractivity contribution in [2.75, 3.05) is 0 Å². The standard InChI is InChI=1S/C6H7BO2.Na.H/c8-7(9)6-4-2-1-3-5-6;;/h1-5,8-9H;;. The summed E-state index contributed by atoms with van der Waals surface area (Å²) in [6, 6.07) is 8.66. The molecule has 0 fully saturated rings. The fourth-order valence-electron chi connectivity index (χ4n) is 0.625. The van der Waals surface area contributed by atoms with E-state index in [1.807, 2.05) is 6.07 Å². The Labute approximate surface area is 82.3 Å². The molecule has 0 amide bonds. The zero-order valence-electron chi connectivity index (χ0n) is 4.86. The van der Waals surface area contributed by atoms with Crippen LogP contribution in [-0.4, -0.2) is 46.7 Å². The number of benzene rings is 1. The summed E-state index contributed by atoms with van der Waals surface area (Å²) in [5, 5.41) is 17.2. The van der Waals surface area contributed by atoms with E-state index in [1.54, 1.807) is 24.3 Å². The van der Waals surface area contributed by atoms with Gasteiger partial charge < -0.3 is 10.0 Å². The molecule has 0 aliphatic rings. The summed E-state index contributed by atoms with van der Waals surface area (Å²) in [5.41, 5.74) is 0.525. The van der Waals surface area contributed by atoms with Crippen molar-refractivity contribution in [1.29, 1.82) is 0 Å². The minimum atomic E-state index is -1.34. The molecule has 10 heavy (non-hydrogen) atoms. The van der Waals surface area contributed by atoms with Crippen LogP contribution < -0.4 is 5.46 Å². The van der Waals surface area contributed by atoms with E-state index in [4.69, 9.17) is 10.0 Å². The van der Waals surface area contributed by atoms with E-state index >= 15 is 0 Å². The molecule has 1 aromatic carbocycles. The summed E-state index contributed by atoms with van der Waals surface area (Å²) in [4.78, 5) is 0. The number of rotatable bonds is 1. The maximum absolute atomic E-state index is 8.58. The Hall–Kier alpha value is 0.205. The molecule has 0 saturated carbocycles. The Morgan fingerprint density at radius 3 is 1.80 bits per heavy atom. The molecule has 1 rings (SSSR count). The number of hydrogen-bond donors (Lipinski definition) is 2. The van der Waals surface area contributed by atoms with Crippen molar-refractivity contribution in [3.63, 3.8) is 0 Å². The van der Waals surface area contributed by atoms with Crippen LogP contribution in [0.15, 0.2) is 30.3 Å². The van der Waals surface area contributed by atoms with Gasteiger partial charge in [0.05, 0.1) is 0 Å². The second kappa shape index (κ2) is 4.94. The molecule has 0 spiro atoms. The van der Waals surface area contributed by atoms with E-state index in [0.717, 1.165) is 0 Å². The van der Waals surface area contributed by atoms with Gasteiger partial charge >= 0.3 is 36.7 Å². The monoisotopic (exact) mass is 146 g/mol. The summed E-state index contributed by atoms with van der Waals surface area (Å²) in [5.74, 6) is 0. The van der Waals surface area contributed by atoms with Crippen LogP contribution in [0.3, 0.4) is 0 Å². The summed E-state index contributed by atoms with van der Waals surface area (Å²) in [6.07, 6.45) is 0. The molecule has 0 radical (unpaired) electrons. The van der Waals surface area contributed by atoms with Crippen molar-refractivity contribution in [2.45, 2.75) is 0 Å². The molecule has 0 aliphatic heterocycles. The molecular formula is C6H8BNaO2. The van der Waals surface area contributed by atoms with Crippen molar-refractivity contribution >= 4 is 42.1 Å². The molecule has 0 aromatic heterocycles. The van der Waals surface area contributed by atoms with E-state index < -0.39 is 7.12 Å². The van der Waals surface area contributed by atoms with Crippen molar-refractivity contribution in [1.82, 2.24) is 0 Å². The molecule has 0 bridgehead atoms. The molecule has 4 heteroatoms. The molecule has 0 unspecified atom stereocenters. The molecule has 0 atom stereocenters. The first-order valence-corrected chi connectivity index (χ1v) is 2.72. The average Bonchev–Trinajstić information content (AvgIpc) is 1.90. The van der Waals surface area contributed by atoms with Crippen molar-refractivity contribution in [3.8, 4) is 0 Å². The van der Waals surface area contributed by atoms with Crippen molar-refractivity contribution in [3.05, 3.63) is 30.3 Å². The third-order valence-electron chi connectivity index (χ3n) is 1.10. The fraction of sp³-hybridized carbons (Fsp3) is 0. The number of hydrogen-bond acceptors (Lipinski definition) is 2. The average molecular weight is 146 g/mol. The zero-order valence-corrected chi connectivity index (χ0v) is 4.86. The zero-order chi connectivity index (χ0) is 6.69. The summed E-state index contributed by atoms with van der Waals surface area (Å²) >= 11 is 0. The normalized spacial score (nSPS) is 8.20. The van der Waals surface area contributed by atoms with Gasteiger partial charge in [-0.25, -0.2) is 0 Å². The third-order valence-corrected chi connectivity index (χ3v) is 1.10. The molecule has 1 aromatic rings. The fourth-order valence-corrected chi connectivity index (χ4v) is 0.625. The van der Waals surface area contributed by atoms with Gasteiger partial charge in [-0.3, -0.25) is 0 Å². The SMILES string of the molecule is OB(O)c1ccccc1.[NaH]. The van der Waals surface area contributed by atoms with Crippen molar-refractivity contribution in [2.24, 2.45) is 0 Å². The van der Waals surface area contributed by atoms with E-state index in [-0.39, 0.29) is 29.6 Å². The summed E-state index contributed by atoms with van der Waals surface area (Å²) in [7, 11) is -1.34. The molecule has 48 valence electrons. The van der Waals surface area contributed by atoms with Crippen LogP contribution in [-0.2, 0) is 0 Å². The van der Waals surface area contributed by atoms with Gasteiger partial charge in [-0.05, 0) is 5.46 Å². The summed E-state index contributed by atoms with van der Waals surface area (Å²) < 4.78 is 0. The Bertz CT molecular complexity index is 178. The first kappa shape index (κ1) is 10.2. The van der Waals surface area contributed by atoms with E-state index in [2.05, 4.69) is 0 Å². The van der Waals surface area contributed by atoms with Crippen LogP contribution in [0.2, 0.25) is 0 Å². The minimum absolute atomic E-state index is 0. The van der Waals surface area contributed by atoms with Gasteiger partial charge in [0.2, 0.25) is 0 Å². The van der Waals surface area contributed by atoms with E-state index in [1.165, 1.54) is 0 Å². The van der Waals surface area contributed by atoms with Crippen LogP contribution in [0.1, 0.15) is 0 Å².